The molecule has 0 aliphatic rings. The summed E-state index contributed by atoms with van der Waals surface area (Å²) in [5, 5.41) is 6.91. The van der Waals surface area contributed by atoms with E-state index in [4.69, 9.17) is 0 Å². The normalized spacial score (nSPS) is 11.5. The van der Waals surface area contributed by atoms with Crippen LogP contribution in [-0.4, -0.2) is 44.4 Å². The number of nitrogens with zero attached hydrogens (tertiary/aromatic N) is 5. The van der Waals surface area contributed by atoms with Crippen LogP contribution in [-0.2, 0) is 0 Å². The number of nitrogens with one attached hydrogen (secondary N) is 2. The fraction of sp³-hybridized carbons (Fsp3) is 0.217. The van der Waals surface area contributed by atoms with E-state index >= 15 is 0 Å². The van der Waals surface area contributed by atoms with Crippen LogP contribution in [0.2, 0.25) is 0 Å². The van der Waals surface area contributed by atoms with Gasteiger partial charge in [-0.3, -0.25) is 9.78 Å². The zero-order chi connectivity index (χ0) is 21.8. The summed E-state index contributed by atoms with van der Waals surface area (Å²) in [5.74, 6) is 1.45. The molecule has 0 fully saturated rings. The summed E-state index contributed by atoms with van der Waals surface area (Å²) in [4.78, 5) is 33.9. The van der Waals surface area contributed by atoms with Crippen LogP contribution in [0.4, 0.5) is 5.82 Å². The van der Waals surface area contributed by atoms with Crippen molar-refractivity contribution in [2.24, 2.45) is 0 Å². The van der Waals surface area contributed by atoms with E-state index in [-0.39, 0.29) is 25.3 Å². The van der Waals surface area contributed by atoms with Crippen LogP contribution in [0.15, 0.2) is 55.2 Å². The second-order valence-corrected chi connectivity index (χ2v) is 7.27. The van der Waals surface area contributed by atoms with E-state index in [0.29, 0.717) is 17.9 Å². The van der Waals surface area contributed by atoms with Gasteiger partial charge in [-0.05, 0) is 18.6 Å². The summed E-state index contributed by atoms with van der Waals surface area (Å²) >= 11 is 0. The molecule has 0 radical (unpaired) electrons. The Balaban J connectivity index is 0.00000289. The number of amides is 1. The largest absolute Gasteiger partial charge is 0.369 e. The Kier molecular flexibility index (Phi) is 7.32. The van der Waals surface area contributed by atoms with Crippen molar-refractivity contribution in [2.45, 2.75) is 19.8 Å². The first kappa shape index (κ1) is 23.1. The molecule has 164 valence electrons. The minimum absolute atomic E-state index is 0. The molecule has 0 bridgehead atoms. The highest BCUT2D eigenvalue weighted by Crippen LogP contribution is 2.27. The lowest BCUT2D eigenvalue weighted by molar-refractivity contribution is 0.0964. The van der Waals surface area contributed by atoms with Crippen molar-refractivity contribution in [2.75, 3.05) is 18.9 Å². The van der Waals surface area contributed by atoms with Crippen LogP contribution in [0.3, 0.4) is 0 Å². The van der Waals surface area contributed by atoms with E-state index in [2.05, 4.69) is 42.5 Å². The van der Waals surface area contributed by atoms with Gasteiger partial charge in [-0.15, -0.1) is 0 Å². The Morgan fingerprint density at radius 2 is 1.84 bits per heavy atom. The molecule has 0 unspecified atom stereocenters. The molecule has 3 heterocycles. The van der Waals surface area contributed by atoms with E-state index in [9.17, 15) is 4.79 Å². The zero-order valence-electron chi connectivity index (χ0n) is 18.1. The fourth-order valence-electron chi connectivity index (χ4n) is 3.43. The summed E-state index contributed by atoms with van der Waals surface area (Å²) in [6, 6.07) is 9.56. The van der Waals surface area contributed by atoms with Crippen molar-refractivity contribution < 1.29 is 4.79 Å². The standard InChI is InChI=1S/C23H23N7O.H2S/c1-14(17-5-4-6-18-19(23(31)24-3)7-8-25-22(17)18)10-28-21-9-20(29-13-30-21)16-11-26-15(2)27-12-16;/h4-9,11-14H,10H2,1-3H3,(H,24,31)(H,28,29,30);1H2/t14-;/m1./s1. The molecule has 0 saturated carbocycles. The minimum Gasteiger partial charge on any atom is -0.369 e. The number of rotatable bonds is 6. The lowest BCUT2D eigenvalue weighted by atomic mass is 9.96. The molecule has 3 aromatic heterocycles. The van der Waals surface area contributed by atoms with Gasteiger partial charge in [0.15, 0.2) is 0 Å². The molecule has 0 spiro atoms. The molecule has 32 heavy (non-hydrogen) atoms. The minimum atomic E-state index is -0.121. The molecule has 4 rings (SSSR count). The molecule has 0 aliphatic heterocycles. The topological polar surface area (TPSA) is 106 Å². The highest BCUT2D eigenvalue weighted by atomic mass is 32.1. The number of anilines is 1. The highest BCUT2D eigenvalue weighted by molar-refractivity contribution is 7.59. The summed E-state index contributed by atoms with van der Waals surface area (Å²) in [5.41, 5.74) is 4.11. The van der Waals surface area contributed by atoms with Crippen molar-refractivity contribution in [1.29, 1.82) is 0 Å². The zero-order valence-corrected chi connectivity index (χ0v) is 19.1. The Morgan fingerprint density at radius 1 is 1.06 bits per heavy atom. The summed E-state index contributed by atoms with van der Waals surface area (Å²) in [6.07, 6.45) is 6.71. The molecule has 1 amide bonds. The second-order valence-electron chi connectivity index (χ2n) is 7.27. The summed E-state index contributed by atoms with van der Waals surface area (Å²) in [7, 11) is 1.63. The molecule has 1 aromatic carbocycles. The number of carbonyl (C=O) groups is 1. The number of pyridine rings is 1. The number of para-hydroxylation sites is 1. The maximum absolute atomic E-state index is 12.2. The second kappa shape index (κ2) is 10.1. The van der Waals surface area contributed by atoms with Crippen LogP contribution < -0.4 is 10.6 Å². The third kappa shape index (κ3) is 4.83. The van der Waals surface area contributed by atoms with Gasteiger partial charge in [-0.25, -0.2) is 19.9 Å². The van der Waals surface area contributed by atoms with Crippen molar-refractivity contribution in [3.05, 3.63) is 72.2 Å². The quantitative estimate of drug-likeness (QED) is 0.466. The average molecular weight is 448 g/mol. The first-order valence-electron chi connectivity index (χ1n) is 10.0. The third-order valence-corrected chi connectivity index (χ3v) is 5.14. The van der Waals surface area contributed by atoms with Crippen LogP contribution >= 0.6 is 13.5 Å². The maximum atomic E-state index is 12.2. The number of hydrogen-bond donors (Lipinski definition) is 2. The van der Waals surface area contributed by atoms with Gasteiger partial charge in [0.05, 0.1) is 16.8 Å². The predicted molar refractivity (Wildman–Crippen MR) is 130 cm³/mol. The van der Waals surface area contributed by atoms with Crippen LogP contribution in [0.5, 0.6) is 0 Å². The van der Waals surface area contributed by atoms with Gasteiger partial charge >= 0.3 is 0 Å². The van der Waals surface area contributed by atoms with Crippen LogP contribution in [0, 0.1) is 6.92 Å². The van der Waals surface area contributed by atoms with E-state index in [1.165, 1.54) is 6.33 Å². The van der Waals surface area contributed by atoms with Gasteiger partial charge in [0, 0.05) is 55.1 Å². The first-order valence-corrected chi connectivity index (χ1v) is 10.0. The average Bonchev–Trinajstić information content (AvgIpc) is 2.82. The Bertz CT molecular complexity index is 1230. The van der Waals surface area contributed by atoms with Gasteiger partial charge in [0.25, 0.3) is 5.91 Å². The predicted octanol–water partition coefficient (Wildman–Crippen LogP) is 3.48. The number of fused-ring (bicyclic) bond motifs is 1. The third-order valence-electron chi connectivity index (χ3n) is 5.14. The SMILES string of the molecule is CNC(=O)c1ccnc2c([C@H](C)CNc3cc(-c4cnc(C)nc4)ncn3)cccc12.S. The van der Waals surface area contributed by atoms with Crippen molar-refractivity contribution in [3.63, 3.8) is 0 Å². The van der Waals surface area contributed by atoms with Crippen LogP contribution in [0.25, 0.3) is 22.2 Å². The van der Waals surface area contributed by atoms with Crippen molar-refractivity contribution in [1.82, 2.24) is 30.2 Å². The Morgan fingerprint density at radius 3 is 2.59 bits per heavy atom. The van der Waals surface area contributed by atoms with E-state index in [1.54, 1.807) is 31.7 Å². The number of benzene rings is 1. The Hall–Kier alpha value is -3.59. The molecule has 8 nitrogen and oxygen atoms in total. The van der Waals surface area contributed by atoms with Crippen molar-refractivity contribution >= 4 is 36.1 Å². The molecule has 0 aliphatic carbocycles. The van der Waals surface area contributed by atoms with Gasteiger partial charge < -0.3 is 10.6 Å². The molecule has 1 atom stereocenters. The maximum Gasteiger partial charge on any atom is 0.251 e. The van der Waals surface area contributed by atoms with E-state index < -0.39 is 0 Å². The summed E-state index contributed by atoms with van der Waals surface area (Å²) in [6.45, 7) is 4.61. The smallest absolute Gasteiger partial charge is 0.251 e. The monoisotopic (exact) mass is 447 g/mol. The van der Waals surface area contributed by atoms with Crippen molar-refractivity contribution in [3.8, 4) is 11.3 Å². The lowest BCUT2D eigenvalue weighted by Crippen LogP contribution is -2.18. The molecular weight excluding hydrogens is 422 g/mol. The molecule has 0 saturated heterocycles. The molecule has 4 aromatic rings. The molecule has 2 N–H and O–H groups in total. The lowest BCUT2D eigenvalue weighted by Gasteiger charge is -2.16. The number of hydrogen-bond acceptors (Lipinski definition) is 7. The molecule has 9 heteroatoms. The highest BCUT2D eigenvalue weighted by Gasteiger charge is 2.15. The van der Waals surface area contributed by atoms with Gasteiger partial charge in [-0.2, -0.15) is 13.5 Å². The number of aromatic nitrogens is 5. The van der Waals surface area contributed by atoms with Gasteiger partial charge in [0.2, 0.25) is 0 Å². The van der Waals surface area contributed by atoms with Gasteiger partial charge in [-0.1, -0.05) is 25.1 Å². The van der Waals surface area contributed by atoms with Crippen LogP contribution in [0.1, 0.15) is 34.6 Å². The van der Waals surface area contributed by atoms with E-state index in [0.717, 1.165) is 33.5 Å². The first-order chi connectivity index (χ1) is 15.1. The molecular formula is C23H25N7OS. The van der Waals surface area contributed by atoms with Gasteiger partial charge in [0.1, 0.15) is 18.0 Å². The summed E-state index contributed by atoms with van der Waals surface area (Å²) < 4.78 is 0. The van der Waals surface area contributed by atoms with E-state index in [1.807, 2.05) is 31.2 Å². The number of aryl methyl sites for hydroxylation is 1. The Labute approximate surface area is 193 Å². The fourth-order valence-corrected chi connectivity index (χ4v) is 3.43. The number of carbonyl (C=O) groups excluding carboxylic acids is 1.